The lowest BCUT2D eigenvalue weighted by Crippen LogP contribution is -2.49. The Morgan fingerprint density at radius 1 is 1.16 bits per heavy atom. The zero-order chi connectivity index (χ0) is 22.5. The molecule has 2 aromatic rings. The number of piperidine rings is 1. The molecule has 1 N–H and O–H groups in total. The Kier molecular flexibility index (Phi) is 6.99. The highest BCUT2D eigenvalue weighted by atomic mass is 32.1. The Labute approximate surface area is 192 Å². The number of amides is 3. The molecule has 2 aliphatic heterocycles. The molecule has 0 aliphatic carbocycles. The predicted octanol–water partition coefficient (Wildman–Crippen LogP) is 2.94. The summed E-state index contributed by atoms with van der Waals surface area (Å²) in [6.45, 7) is 1.26. The van der Waals surface area contributed by atoms with Gasteiger partial charge >= 0.3 is 0 Å². The van der Waals surface area contributed by atoms with Crippen LogP contribution in [0.1, 0.15) is 40.9 Å². The molecule has 3 amide bonds. The number of carbonyl (C=O) groups is 3. The number of carbonyl (C=O) groups excluding carboxylic acids is 3. The molecule has 0 saturated carbocycles. The predicted molar refractivity (Wildman–Crippen MR) is 124 cm³/mol. The number of thiophene rings is 1. The third kappa shape index (κ3) is 5.07. The van der Waals surface area contributed by atoms with Crippen molar-refractivity contribution in [2.24, 2.45) is 11.0 Å². The van der Waals surface area contributed by atoms with E-state index in [1.165, 1.54) is 16.9 Å². The Bertz CT molecular complexity index is 982. The SMILES string of the molecule is CN(C(=O)c1cccs1)C(Cc1ccccc1)C1CCN(C(=O)C2=NNC(=O)CC2)CC1. The smallest absolute Gasteiger partial charge is 0.270 e. The fourth-order valence-corrected chi connectivity index (χ4v) is 5.20. The number of nitrogens with zero attached hydrogens (tertiary/aromatic N) is 3. The van der Waals surface area contributed by atoms with Crippen LogP contribution in [0.15, 0.2) is 52.9 Å². The van der Waals surface area contributed by atoms with Crippen molar-refractivity contribution in [3.63, 3.8) is 0 Å². The summed E-state index contributed by atoms with van der Waals surface area (Å²) in [7, 11) is 1.90. The normalized spacial score (nSPS) is 18.0. The van der Waals surface area contributed by atoms with Crippen LogP contribution in [-0.4, -0.2) is 59.4 Å². The van der Waals surface area contributed by atoms with Gasteiger partial charge in [0, 0.05) is 39.0 Å². The third-order valence-electron chi connectivity index (χ3n) is 6.36. The molecule has 1 unspecified atom stereocenters. The van der Waals surface area contributed by atoms with Gasteiger partial charge in [-0.1, -0.05) is 36.4 Å². The van der Waals surface area contributed by atoms with E-state index in [2.05, 4.69) is 22.7 Å². The lowest BCUT2D eigenvalue weighted by molar-refractivity contribution is -0.126. The molecule has 8 heteroatoms. The molecule has 2 aliphatic rings. The van der Waals surface area contributed by atoms with E-state index in [1.54, 1.807) is 0 Å². The standard InChI is InChI=1S/C24H28N4O3S/c1-27(24(31)21-8-5-15-32-21)20(16-17-6-3-2-4-7-17)18-11-13-28(14-12-18)23(30)19-9-10-22(29)26-25-19/h2-8,15,18,20H,9-14,16H2,1H3,(H,26,29). The summed E-state index contributed by atoms with van der Waals surface area (Å²) >= 11 is 1.46. The van der Waals surface area contributed by atoms with E-state index in [1.807, 2.05) is 52.6 Å². The maximum Gasteiger partial charge on any atom is 0.270 e. The van der Waals surface area contributed by atoms with Gasteiger partial charge in [-0.2, -0.15) is 5.10 Å². The second-order valence-electron chi connectivity index (χ2n) is 8.37. The zero-order valence-corrected chi connectivity index (χ0v) is 19.0. The van der Waals surface area contributed by atoms with Crippen LogP contribution in [0.5, 0.6) is 0 Å². The maximum absolute atomic E-state index is 13.1. The topological polar surface area (TPSA) is 82.1 Å². The van der Waals surface area contributed by atoms with Gasteiger partial charge in [0.2, 0.25) is 5.91 Å². The van der Waals surface area contributed by atoms with Crippen LogP contribution < -0.4 is 5.43 Å². The highest BCUT2D eigenvalue weighted by molar-refractivity contribution is 7.12. The van der Waals surface area contributed by atoms with Gasteiger partial charge in [-0.05, 0) is 42.2 Å². The minimum atomic E-state index is -0.151. The number of hydrogen-bond acceptors (Lipinski definition) is 5. The van der Waals surface area contributed by atoms with Crippen molar-refractivity contribution in [2.75, 3.05) is 20.1 Å². The monoisotopic (exact) mass is 452 g/mol. The Balaban J connectivity index is 1.45. The van der Waals surface area contributed by atoms with Crippen LogP contribution in [0.25, 0.3) is 0 Å². The van der Waals surface area contributed by atoms with Gasteiger partial charge in [0.05, 0.1) is 4.88 Å². The second-order valence-corrected chi connectivity index (χ2v) is 9.32. The van der Waals surface area contributed by atoms with E-state index >= 15 is 0 Å². The molecule has 1 aromatic carbocycles. The molecule has 1 aromatic heterocycles. The molecule has 1 saturated heterocycles. The molecule has 4 rings (SSSR count). The fraction of sp³-hybridized carbons (Fsp3) is 0.417. The molecule has 3 heterocycles. The number of hydrogen-bond donors (Lipinski definition) is 1. The van der Waals surface area contributed by atoms with Crippen LogP contribution in [-0.2, 0) is 16.0 Å². The summed E-state index contributed by atoms with van der Waals surface area (Å²) in [5.41, 5.74) is 4.03. The highest BCUT2D eigenvalue weighted by Crippen LogP contribution is 2.28. The molecular formula is C24H28N4O3S. The quantitative estimate of drug-likeness (QED) is 0.732. The number of likely N-dealkylation sites (N-methyl/N-ethyl adjacent to an activating group) is 1. The van der Waals surface area contributed by atoms with Crippen molar-refractivity contribution in [1.82, 2.24) is 15.2 Å². The summed E-state index contributed by atoms with van der Waals surface area (Å²) in [6.07, 6.45) is 3.12. The van der Waals surface area contributed by atoms with E-state index in [4.69, 9.17) is 0 Å². The first kappa shape index (κ1) is 22.2. The van der Waals surface area contributed by atoms with Crippen LogP contribution in [0.3, 0.4) is 0 Å². The molecule has 1 fully saturated rings. The van der Waals surface area contributed by atoms with E-state index < -0.39 is 0 Å². The van der Waals surface area contributed by atoms with Crippen LogP contribution in [0, 0.1) is 5.92 Å². The van der Waals surface area contributed by atoms with Gasteiger partial charge in [-0.15, -0.1) is 11.3 Å². The number of nitrogens with one attached hydrogen (secondary N) is 1. The zero-order valence-electron chi connectivity index (χ0n) is 18.2. The first-order chi connectivity index (χ1) is 15.5. The van der Waals surface area contributed by atoms with Crippen LogP contribution in [0.4, 0.5) is 0 Å². The van der Waals surface area contributed by atoms with Gasteiger partial charge in [-0.3, -0.25) is 14.4 Å². The van der Waals surface area contributed by atoms with Crippen LogP contribution >= 0.6 is 11.3 Å². The molecular weight excluding hydrogens is 424 g/mol. The summed E-state index contributed by atoms with van der Waals surface area (Å²) in [4.78, 5) is 41.7. The third-order valence-corrected chi connectivity index (χ3v) is 7.22. The summed E-state index contributed by atoms with van der Waals surface area (Å²) in [5.74, 6) is 0.0986. The summed E-state index contributed by atoms with van der Waals surface area (Å²) in [5, 5.41) is 5.87. The number of likely N-dealkylation sites (tertiary alicyclic amines) is 1. The number of rotatable bonds is 6. The van der Waals surface area contributed by atoms with Gasteiger partial charge in [-0.25, -0.2) is 5.43 Å². The van der Waals surface area contributed by atoms with Crippen molar-refractivity contribution >= 4 is 34.8 Å². The van der Waals surface area contributed by atoms with Crippen LogP contribution in [0.2, 0.25) is 0 Å². The van der Waals surface area contributed by atoms with Gasteiger partial charge in [0.25, 0.3) is 11.8 Å². The molecule has 1 atom stereocenters. The molecule has 0 spiro atoms. The Morgan fingerprint density at radius 2 is 1.91 bits per heavy atom. The average Bonchev–Trinajstić information content (AvgIpc) is 3.38. The average molecular weight is 453 g/mol. The Morgan fingerprint density at radius 3 is 2.53 bits per heavy atom. The molecule has 32 heavy (non-hydrogen) atoms. The second kappa shape index (κ2) is 10.1. The van der Waals surface area contributed by atoms with Crippen molar-refractivity contribution < 1.29 is 14.4 Å². The molecule has 168 valence electrons. The van der Waals surface area contributed by atoms with E-state index in [0.29, 0.717) is 37.6 Å². The molecule has 0 bridgehead atoms. The summed E-state index contributed by atoms with van der Waals surface area (Å²) < 4.78 is 0. The minimum absolute atomic E-state index is 0.0479. The minimum Gasteiger partial charge on any atom is -0.338 e. The summed E-state index contributed by atoms with van der Waals surface area (Å²) in [6, 6.07) is 14.1. The largest absolute Gasteiger partial charge is 0.338 e. The van der Waals surface area contributed by atoms with E-state index in [9.17, 15) is 14.4 Å². The van der Waals surface area contributed by atoms with Crippen molar-refractivity contribution in [1.29, 1.82) is 0 Å². The molecule has 0 radical (unpaired) electrons. The van der Waals surface area contributed by atoms with E-state index in [0.717, 1.165) is 24.1 Å². The fourth-order valence-electron chi connectivity index (χ4n) is 4.50. The van der Waals surface area contributed by atoms with Gasteiger partial charge in [0.15, 0.2) is 0 Å². The Hall–Kier alpha value is -3.00. The van der Waals surface area contributed by atoms with Crippen molar-refractivity contribution in [3.05, 3.63) is 58.3 Å². The van der Waals surface area contributed by atoms with Crippen molar-refractivity contribution in [3.8, 4) is 0 Å². The van der Waals surface area contributed by atoms with Crippen molar-refractivity contribution in [2.45, 2.75) is 38.1 Å². The maximum atomic E-state index is 13.1. The first-order valence-electron chi connectivity index (χ1n) is 11.0. The first-order valence-corrected chi connectivity index (χ1v) is 11.9. The number of benzene rings is 1. The highest BCUT2D eigenvalue weighted by Gasteiger charge is 2.34. The van der Waals surface area contributed by atoms with Gasteiger partial charge in [0.1, 0.15) is 5.71 Å². The van der Waals surface area contributed by atoms with Gasteiger partial charge < -0.3 is 9.80 Å². The number of hydrazone groups is 1. The lowest BCUT2D eigenvalue weighted by Gasteiger charge is -2.40. The van der Waals surface area contributed by atoms with E-state index in [-0.39, 0.29) is 23.8 Å². The lowest BCUT2D eigenvalue weighted by atomic mass is 9.84. The molecule has 7 nitrogen and oxygen atoms in total.